The van der Waals surface area contributed by atoms with E-state index in [9.17, 15) is 14.4 Å². The number of rotatable bonds is 7. The van der Waals surface area contributed by atoms with Crippen molar-refractivity contribution in [3.63, 3.8) is 0 Å². The Morgan fingerprint density at radius 2 is 1.81 bits per heavy atom. The van der Waals surface area contributed by atoms with Gasteiger partial charge in [-0.3, -0.25) is 14.4 Å². The molecule has 4 aromatic rings. The number of thiophene rings is 1. The zero-order valence-electron chi connectivity index (χ0n) is 16.4. The van der Waals surface area contributed by atoms with Crippen LogP contribution in [0.5, 0.6) is 0 Å². The highest BCUT2D eigenvalue weighted by molar-refractivity contribution is 7.13. The van der Waals surface area contributed by atoms with Crippen LogP contribution in [0.2, 0.25) is 0 Å². The minimum Gasteiger partial charge on any atom is -0.467 e. The van der Waals surface area contributed by atoms with Crippen LogP contribution in [0.1, 0.15) is 32.0 Å². The van der Waals surface area contributed by atoms with Gasteiger partial charge in [-0.2, -0.15) is 0 Å². The first-order valence-electron chi connectivity index (χ1n) is 9.55. The van der Waals surface area contributed by atoms with Gasteiger partial charge in [0, 0.05) is 12.1 Å². The van der Waals surface area contributed by atoms with Crippen LogP contribution in [-0.4, -0.2) is 16.8 Å². The Morgan fingerprint density at radius 3 is 2.55 bits per heavy atom. The van der Waals surface area contributed by atoms with Crippen LogP contribution in [0.4, 0.5) is 0 Å². The van der Waals surface area contributed by atoms with Gasteiger partial charge in [-0.25, -0.2) is 0 Å². The standard InChI is InChI=1S/C23H19N3O4S/c27-21(25-14-17-6-2-10-30-17)16-5-1-4-15(12-16)13-24-22(28)18-8-9-19(26-23(18)29)20-7-3-11-31-20/h1-12H,13-14H2,(H,24,28)(H,25,27)(H,26,29). The normalized spacial score (nSPS) is 10.6. The van der Waals surface area contributed by atoms with Crippen LogP contribution < -0.4 is 16.2 Å². The van der Waals surface area contributed by atoms with Gasteiger partial charge in [0.1, 0.15) is 11.3 Å². The Bertz CT molecular complexity index is 1240. The molecule has 0 bridgehead atoms. The number of aromatic amines is 1. The first-order chi connectivity index (χ1) is 15.1. The fourth-order valence-electron chi connectivity index (χ4n) is 3.01. The molecule has 3 heterocycles. The highest BCUT2D eigenvalue weighted by Gasteiger charge is 2.12. The van der Waals surface area contributed by atoms with Crippen LogP contribution in [0.15, 0.2) is 81.5 Å². The number of benzene rings is 1. The minimum atomic E-state index is -0.480. The van der Waals surface area contributed by atoms with Crippen LogP contribution in [0.25, 0.3) is 10.6 Å². The lowest BCUT2D eigenvalue weighted by molar-refractivity contribution is 0.0943. The summed E-state index contributed by atoms with van der Waals surface area (Å²) in [5.74, 6) is -0.0658. The molecule has 0 radical (unpaired) electrons. The molecule has 7 nitrogen and oxygen atoms in total. The van der Waals surface area contributed by atoms with Gasteiger partial charge >= 0.3 is 0 Å². The maximum Gasteiger partial charge on any atom is 0.261 e. The van der Waals surface area contributed by atoms with E-state index in [1.807, 2.05) is 17.5 Å². The highest BCUT2D eigenvalue weighted by atomic mass is 32.1. The molecule has 2 amide bonds. The number of carbonyl (C=O) groups is 2. The molecule has 0 saturated heterocycles. The van der Waals surface area contributed by atoms with Crippen molar-refractivity contribution in [2.45, 2.75) is 13.1 Å². The molecule has 0 atom stereocenters. The Labute approximate surface area is 181 Å². The molecule has 4 rings (SSSR count). The number of nitrogens with one attached hydrogen (secondary N) is 3. The number of amides is 2. The fraction of sp³-hybridized carbons (Fsp3) is 0.0870. The monoisotopic (exact) mass is 433 g/mol. The third-order valence-corrected chi connectivity index (χ3v) is 5.49. The predicted octanol–water partition coefficient (Wildman–Crippen LogP) is 3.56. The van der Waals surface area contributed by atoms with Crippen molar-refractivity contribution in [3.8, 4) is 10.6 Å². The third-order valence-electron chi connectivity index (χ3n) is 4.59. The van der Waals surface area contributed by atoms with E-state index in [0.717, 1.165) is 10.4 Å². The number of H-pyrrole nitrogens is 1. The lowest BCUT2D eigenvalue weighted by Crippen LogP contribution is -2.29. The SMILES string of the molecule is O=C(NCc1ccco1)c1cccc(CNC(=O)c2ccc(-c3cccs3)[nH]c2=O)c1. The molecule has 0 aliphatic rings. The van der Waals surface area contributed by atoms with Crippen LogP contribution >= 0.6 is 11.3 Å². The molecule has 0 unspecified atom stereocenters. The molecule has 31 heavy (non-hydrogen) atoms. The van der Waals surface area contributed by atoms with Crippen molar-refractivity contribution in [1.82, 2.24) is 15.6 Å². The summed E-state index contributed by atoms with van der Waals surface area (Å²) in [6.07, 6.45) is 1.55. The van der Waals surface area contributed by atoms with Crippen molar-refractivity contribution in [3.05, 3.63) is 105 Å². The van der Waals surface area contributed by atoms with Gasteiger partial charge in [0.25, 0.3) is 17.4 Å². The predicted molar refractivity (Wildman–Crippen MR) is 118 cm³/mol. The molecular weight excluding hydrogens is 414 g/mol. The van der Waals surface area contributed by atoms with Gasteiger partial charge in [-0.1, -0.05) is 18.2 Å². The Morgan fingerprint density at radius 1 is 0.935 bits per heavy atom. The lowest BCUT2D eigenvalue weighted by Gasteiger charge is -2.08. The summed E-state index contributed by atoms with van der Waals surface area (Å²) in [5.41, 5.74) is 1.47. The number of hydrogen-bond acceptors (Lipinski definition) is 5. The average molecular weight is 433 g/mol. The number of aromatic nitrogens is 1. The topological polar surface area (TPSA) is 104 Å². The van der Waals surface area contributed by atoms with E-state index in [4.69, 9.17) is 4.42 Å². The maximum atomic E-state index is 12.5. The number of hydrogen-bond donors (Lipinski definition) is 3. The van der Waals surface area contributed by atoms with Crippen molar-refractivity contribution in [1.29, 1.82) is 0 Å². The zero-order chi connectivity index (χ0) is 21.6. The smallest absolute Gasteiger partial charge is 0.261 e. The summed E-state index contributed by atoms with van der Waals surface area (Å²) < 4.78 is 5.20. The zero-order valence-corrected chi connectivity index (χ0v) is 17.2. The van der Waals surface area contributed by atoms with E-state index in [2.05, 4.69) is 15.6 Å². The van der Waals surface area contributed by atoms with Gasteiger partial charge in [-0.15, -0.1) is 11.3 Å². The van der Waals surface area contributed by atoms with E-state index in [-0.39, 0.29) is 24.6 Å². The molecule has 156 valence electrons. The maximum absolute atomic E-state index is 12.5. The summed E-state index contributed by atoms with van der Waals surface area (Å²) >= 11 is 1.50. The Kier molecular flexibility index (Phi) is 6.09. The largest absolute Gasteiger partial charge is 0.467 e. The molecule has 0 saturated carbocycles. The van der Waals surface area contributed by atoms with Crippen LogP contribution in [0, 0.1) is 0 Å². The van der Waals surface area contributed by atoms with E-state index in [0.29, 0.717) is 17.0 Å². The van der Waals surface area contributed by atoms with Gasteiger partial charge in [0.2, 0.25) is 0 Å². The second-order valence-corrected chi connectivity index (χ2v) is 7.68. The van der Waals surface area contributed by atoms with Gasteiger partial charge in [0.05, 0.1) is 23.4 Å². The molecule has 0 aliphatic heterocycles. The first kappa shape index (κ1) is 20.4. The van der Waals surface area contributed by atoms with Gasteiger partial charge in [0.15, 0.2) is 0 Å². The number of pyridine rings is 1. The molecule has 0 spiro atoms. The summed E-state index contributed by atoms with van der Waals surface area (Å²) in [6.45, 7) is 0.474. The van der Waals surface area contributed by atoms with E-state index >= 15 is 0 Å². The molecule has 1 aromatic carbocycles. The number of carbonyl (C=O) groups excluding carboxylic acids is 2. The third kappa shape index (κ3) is 4.99. The van der Waals surface area contributed by atoms with Crippen molar-refractivity contribution < 1.29 is 14.0 Å². The van der Waals surface area contributed by atoms with Crippen molar-refractivity contribution in [2.75, 3.05) is 0 Å². The Hall–Kier alpha value is -3.91. The molecule has 3 aromatic heterocycles. The first-order valence-corrected chi connectivity index (χ1v) is 10.4. The second kappa shape index (κ2) is 9.27. The summed E-state index contributed by atoms with van der Waals surface area (Å²) in [4.78, 5) is 40.8. The van der Waals surface area contributed by atoms with Gasteiger partial charge < -0.3 is 20.0 Å². The van der Waals surface area contributed by atoms with Crippen molar-refractivity contribution >= 4 is 23.2 Å². The van der Waals surface area contributed by atoms with Crippen LogP contribution in [0.3, 0.4) is 0 Å². The summed E-state index contributed by atoms with van der Waals surface area (Å²) in [6, 6.07) is 17.5. The Balaban J connectivity index is 1.38. The molecular formula is C23H19N3O4S. The minimum absolute atomic E-state index is 0.0349. The van der Waals surface area contributed by atoms with E-state index in [1.54, 1.807) is 48.7 Å². The summed E-state index contributed by atoms with van der Waals surface area (Å²) in [7, 11) is 0. The van der Waals surface area contributed by atoms with E-state index < -0.39 is 11.5 Å². The summed E-state index contributed by atoms with van der Waals surface area (Å²) in [5, 5.41) is 7.42. The second-order valence-electron chi connectivity index (χ2n) is 6.74. The van der Waals surface area contributed by atoms with Gasteiger partial charge in [-0.05, 0) is 53.4 Å². The van der Waals surface area contributed by atoms with Crippen molar-refractivity contribution in [2.24, 2.45) is 0 Å². The fourth-order valence-corrected chi connectivity index (χ4v) is 3.72. The molecule has 8 heteroatoms. The van der Waals surface area contributed by atoms with Crippen LogP contribution in [-0.2, 0) is 13.1 Å². The number of furan rings is 1. The van der Waals surface area contributed by atoms with E-state index in [1.165, 1.54) is 17.4 Å². The lowest BCUT2D eigenvalue weighted by atomic mass is 10.1. The molecule has 3 N–H and O–H groups in total. The average Bonchev–Trinajstić information content (AvgIpc) is 3.50. The quantitative estimate of drug-likeness (QED) is 0.415. The highest BCUT2D eigenvalue weighted by Crippen LogP contribution is 2.21. The molecule has 0 fully saturated rings. The molecule has 0 aliphatic carbocycles.